The number of sulfonamides is 1. The van der Waals surface area contributed by atoms with E-state index in [1.807, 2.05) is 30.3 Å². The van der Waals surface area contributed by atoms with Gasteiger partial charge in [-0.2, -0.15) is 0 Å². The van der Waals surface area contributed by atoms with Crippen molar-refractivity contribution in [2.75, 3.05) is 26.4 Å². The minimum Gasteiger partial charge on any atom is -0.351 e. The lowest BCUT2D eigenvalue weighted by Gasteiger charge is -2.13. The Labute approximate surface area is 135 Å². The maximum absolute atomic E-state index is 12.0. The van der Waals surface area contributed by atoms with Crippen molar-refractivity contribution in [3.63, 3.8) is 0 Å². The molecule has 8 nitrogen and oxygen atoms in total. The summed E-state index contributed by atoms with van der Waals surface area (Å²) in [5, 5.41) is 10.4. The predicted molar refractivity (Wildman–Crippen MR) is 85.8 cm³/mol. The van der Waals surface area contributed by atoms with Gasteiger partial charge in [0.15, 0.2) is 5.69 Å². The second-order valence-electron chi connectivity index (χ2n) is 5.08. The molecule has 9 heteroatoms. The van der Waals surface area contributed by atoms with Crippen molar-refractivity contribution in [3.05, 3.63) is 42.2 Å². The Morgan fingerprint density at radius 2 is 2.00 bits per heavy atom. The third-order valence-electron chi connectivity index (χ3n) is 3.25. The minimum absolute atomic E-state index is 0.213. The first-order valence-electron chi connectivity index (χ1n) is 7.05. The molecule has 0 unspecified atom stereocenters. The van der Waals surface area contributed by atoms with Crippen molar-refractivity contribution in [1.29, 1.82) is 0 Å². The molecule has 1 N–H and O–H groups in total. The van der Waals surface area contributed by atoms with Gasteiger partial charge in [0.25, 0.3) is 5.91 Å². The quantitative estimate of drug-likeness (QED) is 0.732. The maximum Gasteiger partial charge on any atom is 0.273 e. The second kappa shape index (κ2) is 7.34. The van der Waals surface area contributed by atoms with E-state index in [1.54, 1.807) is 6.20 Å². The molecule has 0 fully saturated rings. The summed E-state index contributed by atoms with van der Waals surface area (Å²) < 4.78 is 25.2. The molecular weight excluding hydrogens is 318 g/mol. The van der Waals surface area contributed by atoms with Gasteiger partial charge >= 0.3 is 0 Å². The highest BCUT2D eigenvalue weighted by Crippen LogP contribution is 2.05. The molecule has 0 aliphatic heterocycles. The topological polar surface area (TPSA) is 97.2 Å². The van der Waals surface area contributed by atoms with Gasteiger partial charge in [0.2, 0.25) is 10.0 Å². The molecular formula is C14H19N5O3S. The van der Waals surface area contributed by atoms with Gasteiger partial charge in [-0.25, -0.2) is 17.4 Å². The fraction of sp³-hybridized carbons (Fsp3) is 0.357. The number of benzene rings is 1. The lowest BCUT2D eigenvalue weighted by molar-refractivity contribution is 0.0948. The molecule has 23 heavy (non-hydrogen) atoms. The van der Waals surface area contributed by atoms with E-state index < -0.39 is 10.0 Å². The molecule has 0 saturated heterocycles. The molecule has 0 spiro atoms. The number of hydrogen-bond acceptors (Lipinski definition) is 5. The number of rotatable bonds is 7. The highest BCUT2D eigenvalue weighted by atomic mass is 32.2. The molecule has 0 saturated carbocycles. The van der Waals surface area contributed by atoms with Gasteiger partial charge in [0, 0.05) is 20.1 Å². The first-order valence-corrected chi connectivity index (χ1v) is 8.90. The zero-order valence-corrected chi connectivity index (χ0v) is 13.8. The fourth-order valence-electron chi connectivity index (χ4n) is 1.83. The van der Waals surface area contributed by atoms with E-state index in [-0.39, 0.29) is 11.6 Å². The molecule has 0 radical (unpaired) electrons. The number of nitrogens with zero attached hydrogens (tertiary/aromatic N) is 4. The summed E-state index contributed by atoms with van der Waals surface area (Å²) in [5.41, 5.74) is 1.03. The van der Waals surface area contributed by atoms with Gasteiger partial charge < -0.3 is 5.32 Å². The van der Waals surface area contributed by atoms with Crippen molar-refractivity contribution in [2.45, 2.75) is 6.42 Å². The van der Waals surface area contributed by atoms with Crippen LogP contribution >= 0.6 is 0 Å². The molecule has 0 aliphatic rings. The van der Waals surface area contributed by atoms with Crippen LogP contribution in [0.15, 0.2) is 36.5 Å². The van der Waals surface area contributed by atoms with Crippen LogP contribution in [-0.2, 0) is 10.0 Å². The van der Waals surface area contributed by atoms with Crippen molar-refractivity contribution in [3.8, 4) is 5.69 Å². The lowest BCUT2D eigenvalue weighted by atomic mass is 10.3. The van der Waals surface area contributed by atoms with Crippen LogP contribution in [0.4, 0.5) is 0 Å². The maximum atomic E-state index is 12.0. The summed E-state index contributed by atoms with van der Waals surface area (Å²) in [4.78, 5) is 12.0. The van der Waals surface area contributed by atoms with Gasteiger partial charge in [0.05, 0.1) is 18.1 Å². The number of hydrogen-bond donors (Lipinski definition) is 1. The van der Waals surface area contributed by atoms with Crippen molar-refractivity contribution in [1.82, 2.24) is 24.6 Å². The van der Waals surface area contributed by atoms with Gasteiger partial charge in [-0.1, -0.05) is 23.4 Å². The third-order valence-corrected chi connectivity index (χ3v) is 4.56. The zero-order valence-electron chi connectivity index (χ0n) is 13.0. The summed E-state index contributed by atoms with van der Waals surface area (Å²) in [5.74, 6) is -0.339. The van der Waals surface area contributed by atoms with Crippen LogP contribution in [0.3, 0.4) is 0 Å². The standard InChI is InChI=1S/C14H19N5O3S/c1-18(23(2,21)22)10-6-9-15-14(20)13-11-19(17-16-13)12-7-4-3-5-8-12/h3-5,7-8,11H,6,9-10H2,1-2H3,(H,15,20). The van der Waals surface area contributed by atoms with Crippen LogP contribution in [0, 0.1) is 0 Å². The molecule has 2 aromatic rings. The van der Waals surface area contributed by atoms with Crippen molar-refractivity contribution in [2.24, 2.45) is 0 Å². The van der Waals surface area contributed by atoms with Crippen LogP contribution in [0.5, 0.6) is 0 Å². The average molecular weight is 337 g/mol. The van der Waals surface area contributed by atoms with Crippen LogP contribution < -0.4 is 5.32 Å². The molecule has 0 atom stereocenters. The van der Waals surface area contributed by atoms with E-state index in [0.29, 0.717) is 19.5 Å². The molecule has 1 aromatic heterocycles. The Bertz CT molecular complexity index is 758. The lowest BCUT2D eigenvalue weighted by Crippen LogP contribution is -2.31. The predicted octanol–water partition coefficient (Wildman–Crippen LogP) is 0.279. The number of aromatic nitrogens is 3. The van der Waals surface area contributed by atoms with Gasteiger partial charge in [0.1, 0.15) is 0 Å². The summed E-state index contributed by atoms with van der Waals surface area (Å²) in [6, 6.07) is 9.35. The number of nitrogens with one attached hydrogen (secondary N) is 1. The van der Waals surface area contributed by atoms with Crippen LogP contribution in [0.2, 0.25) is 0 Å². The molecule has 1 aromatic carbocycles. The summed E-state index contributed by atoms with van der Waals surface area (Å²) in [7, 11) is -1.69. The summed E-state index contributed by atoms with van der Waals surface area (Å²) in [6.45, 7) is 0.701. The summed E-state index contributed by atoms with van der Waals surface area (Å²) >= 11 is 0. The molecule has 0 bridgehead atoms. The van der Waals surface area contributed by atoms with Crippen molar-refractivity contribution >= 4 is 15.9 Å². The highest BCUT2D eigenvalue weighted by Gasteiger charge is 2.12. The number of carbonyl (C=O) groups is 1. The average Bonchev–Trinajstić information content (AvgIpc) is 3.01. The molecule has 124 valence electrons. The smallest absolute Gasteiger partial charge is 0.273 e. The third kappa shape index (κ3) is 4.86. The number of para-hydroxylation sites is 1. The largest absolute Gasteiger partial charge is 0.351 e. The molecule has 1 heterocycles. The Morgan fingerprint density at radius 1 is 1.30 bits per heavy atom. The molecule has 2 rings (SSSR count). The highest BCUT2D eigenvalue weighted by molar-refractivity contribution is 7.88. The van der Waals surface area contributed by atoms with E-state index in [0.717, 1.165) is 11.9 Å². The van der Waals surface area contributed by atoms with Crippen LogP contribution in [0.1, 0.15) is 16.9 Å². The Hall–Kier alpha value is -2.26. The second-order valence-corrected chi connectivity index (χ2v) is 7.17. The van der Waals surface area contributed by atoms with E-state index >= 15 is 0 Å². The monoisotopic (exact) mass is 337 g/mol. The normalized spacial score (nSPS) is 11.6. The molecule has 1 amide bonds. The first kappa shape index (κ1) is 17.1. The van der Waals surface area contributed by atoms with Gasteiger partial charge in [-0.3, -0.25) is 4.79 Å². The number of amides is 1. The van der Waals surface area contributed by atoms with Gasteiger partial charge in [-0.15, -0.1) is 5.10 Å². The fourth-order valence-corrected chi connectivity index (χ4v) is 2.30. The number of carbonyl (C=O) groups excluding carboxylic acids is 1. The van der Waals surface area contributed by atoms with Crippen molar-refractivity contribution < 1.29 is 13.2 Å². The van der Waals surface area contributed by atoms with Crippen LogP contribution in [0.25, 0.3) is 5.69 Å². The van der Waals surface area contributed by atoms with E-state index in [1.165, 1.54) is 16.0 Å². The Balaban J connectivity index is 1.84. The zero-order chi connectivity index (χ0) is 16.9. The first-order chi connectivity index (χ1) is 10.9. The van der Waals surface area contributed by atoms with Gasteiger partial charge in [-0.05, 0) is 18.6 Å². The van der Waals surface area contributed by atoms with E-state index in [4.69, 9.17) is 0 Å². The van der Waals surface area contributed by atoms with E-state index in [9.17, 15) is 13.2 Å². The summed E-state index contributed by atoms with van der Waals surface area (Å²) in [6.07, 6.45) is 3.21. The SMILES string of the molecule is CN(CCCNC(=O)c1cn(-c2ccccc2)nn1)S(C)(=O)=O. The minimum atomic E-state index is -3.19. The Kier molecular flexibility index (Phi) is 5.45. The van der Waals surface area contributed by atoms with Crippen LogP contribution in [-0.4, -0.2) is 60.0 Å². The Morgan fingerprint density at radius 3 is 2.65 bits per heavy atom. The molecule has 0 aliphatic carbocycles. The van der Waals surface area contributed by atoms with E-state index in [2.05, 4.69) is 15.6 Å².